The second-order valence-electron chi connectivity index (χ2n) is 5.61. The fourth-order valence-corrected chi connectivity index (χ4v) is 2.39. The number of benzene rings is 2. The Balaban J connectivity index is 1.64. The van der Waals surface area contributed by atoms with Gasteiger partial charge in [0.25, 0.3) is 0 Å². The number of ether oxygens (including phenoxy) is 2. The van der Waals surface area contributed by atoms with Crippen LogP contribution in [0.5, 0.6) is 11.5 Å². The van der Waals surface area contributed by atoms with Crippen molar-refractivity contribution < 1.29 is 9.47 Å². The van der Waals surface area contributed by atoms with Crippen LogP contribution in [-0.4, -0.2) is 13.2 Å². The summed E-state index contributed by atoms with van der Waals surface area (Å²) < 4.78 is 11.1. The van der Waals surface area contributed by atoms with Crippen LogP contribution in [0.2, 0.25) is 0 Å². The third-order valence-corrected chi connectivity index (χ3v) is 3.68. The van der Waals surface area contributed by atoms with Crippen LogP contribution in [0.3, 0.4) is 0 Å². The Morgan fingerprint density at radius 2 is 1.67 bits per heavy atom. The van der Waals surface area contributed by atoms with Crippen LogP contribution in [0.1, 0.15) is 30.9 Å². The highest BCUT2D eigenvalue weighted by molar-refractivity contribution is 5.48. The Labute approximate surface area is 125 Å². The number of hydrogen-bond acceptors (Lipinski definition) is 3. The molecule has 0 atom stereocenters. The summed E-state index contributed by atoms with van der Waals surface area (Å²) in [6.45, 7) is 6.44. The van der Waals surface area contributed by atoms with E-state index in [0.29, 0.717) is 19.1 Å². The van der Waals surface area contributed by atoms with E-state index in [1.807, 2.05) is 12.1 Å². The van der Waals surface area contributed by atoms with Gasteiger partial charge in [0.05, 0.1) is 0 Å². The molecule has 1 aliphatic heterocycles. The van der Waals surface area contributed by atoms with Crippen molar-refractivity contribution >= 4 is 5.69 Å². The normalized spacial score (nSPS) is 13.3. The summed E-state index contributed by atoms with van der Waals surface area (Å²) in [5.74, 6) is 2.25. The molecule has 0 bridgehead atoms. The van der Waals surface area contributed by atoms with Crippen molar-refractivity contribution in [2.45, 2.75) is 26.3 Å². The van der Waals surface area contributed by atoms with Gasteiger partial charge in [0.1, 0.15) is 13.2 Å². The smallest absolute Gasteiger partial charge is 0.161 e. The molecule has 110 valence electrons. The van der Waals surface area contributed by atoms with Gasteiger partial charge in [0.15, 0.2) is 11.5 Å². The molecule has 0 saturated carbocycles. The minimum absolute atomic E-state index is 0.567. The molecule has 0 aliphatic carbocycles. The minimum atomic E-state index is 0.567. The SMILES string of the molecule is CC(C)c1ccc(NCc2ccc3c(c2)OCCO3)cc1. The molecule has 0 fully saturated rings. The first-order valence-electron chi connectivity index (χ1n) is 7.45. The molecular formula is C18H21NO2. The fourth-order valence-electron chi connectivity index (χ4n) is 2.39. The molecule has 2 aromatic rings. The largest absolute Gasteiger partial charge is 0.486 e. The van der Waals surface area contributed by atoms with Crippen molar-refractivity contribution in [3.8, 4) is 11.5 Å². The van der Waals surface area contributed by atoms with Crippen molar-refractivity contribution in [2.24, 2.45) is 0 Å². The first kappa shape index (κ1) is 13.8. The van der Waals surface area contributed by atoms with Crippen molar-refractivity contribution in [3.63, 3.8) is 0 Å². The summed E-state index contributed by atoms with van der Waals surface area (Å²) in [6.07, 6.45) is 0. The lowest BCUT2D eigenvalue weighted by Gasteiger charge is -2.19. The highest BCUT2D eigenvalue weighted by atomic mass is 16.6. The van der Waals surface area contributed by atoms with Crippen LogP contribution in [0.15, 0.2) is 42.5 Å². The molecular weight excluding hydrogens is 262 g/mol. The van der Waals surface area contributed by atoms with Gasteiger partial charge in [0, 0.05) is 12.2 Å². The van der Waals surface area contributed by atoms with Crippen molar-refractivity contribution in [3.05, 3.63) is 53.6 Å². The molecule has 1 aliphatic rings. The van der Waals surface area contributed by atoms with E-state index in [9.17, 15) is 0 Å². The molecule has 21 heavy (non-hydrogen) atoms. The number of hydrogen-bond donors (Lipinski definition) is 1. The van der Waals surface area contributed by atoms with Gasteiger partial charge < -0.3 is 14.8 Å². The van der Waals surface area contributed by atoms with E-state index in [-0.39, 0.29) is 0 Å². The zero-order chi connectivity index (χ0) is 14.7. The van der Waals surface area contributed by atoms with E-state index in [0.717, 1.165) is 23.7 Å². The molecule has 2 aromatic carbocycles. The lowest BCUT2D eigenvalue weighted by atomic mass is 10.0. The Kier molecular flexibility index (Phi) is 4.00. The monoisotopic (exact) mass is 283 g/mol. The van der Waals surface area contributed by atoms with E-state index < -0.39 is 0 Å². The van der Waals surface area contributed by atoms with E-state index in [4.69, 9.17) is 9.47 Å². The topological polar surface area (TPSA) is 30.5 Å². The van der Waals surface area contributed by atoms with Crippen LogP contribution in [0, 0.1) is 0 Å². The van der Waals surface area contributed by atoms with Gasteiger partial charge in [-0.1, -0.05) is 32.0 Å². The van der Waals surface area contributed by atoms with Crippen molar-refractivity contribution in [2.75, 3.05) is 18.5 Å². The van der Waals surface area contributed by atoms with Gasteiger partial charge in [-0.05, 0) is 41.3 Å². The molecule has 3 rings (SSSR count). The van der Waals surface area contributed by atoms with Crippen LogP contribution in [0.4, 0.5) is 5.69 Å². The summed E-state index contributed by atoms with van der Waals surface area (Å²) in [4.78, 5) is 0. The molecule has 0 saturated heterocycles. The third-order valence-electron chi connectivity index (χ3n) is 3.68. The molecule has 3 heteroatoms. The molecule has 0 spiro atoms. The average Bonchev–Trinajstić information content (AvgIpc) is 2.53. The van der Waals surface area contributed by atoms with Gasteiger partial charge in [0.2, 0.25) is 0 Å². The first-order valence-corrected chi connectivity index (χ1v) is 7.45. The number of anilines is 1. The Morgan fingerprint density at radius 3 is 2.38 bits per heavy atom. The molecule has 1 N–H and O–H groups in total. The zero-order valence-corrected chi connectivity index (χ0v) is 12.6. The van der Waals surface area contributed by atoms with Gasteiger partial charge in [-0.2, -0.15) is 0 Å². The molecule has 1 heterocycles. The summed E-state index contributed by atoms with van der Waals surface area (Å²) in [7, 11) is 0. The van der Waals surface area contributed by atoms with Crippen LogP contribution >= 0.6 is 0 Å². The Hall–Kier alpha value is -2.16. The Morgan fingerprint density at radius 1 is 0.952 bits per heavy atom. The molecule has 0 amide bonds. The van der Waals surface area contributed by atoms with E-state index in [1.165, 1.54) is 11.1 Å². The van der Waals surface area contributed by atoms with Crippen LogP contribution < -0.4 is 14.8 Å². The summed E-state index contributed by atoms with van der Waals surface area (Å²) >= 11 is 0. The molecule has 0 radical (unpaired) electrons. The standard InChI is InChI=1S/C18H21NO2/c1-13(2)15-4-6-16(7-5-15)19-12-14-3-8-17-18(11-14)21-10-9-20-17/h3-8,11,13,19H,9-10,12H2,1-2H3. The molecule has 0 unspecified atom stereocenters. The number of rotatable bonds is 4. The lowest BCUT2D eigenvalue weighted by Crippen LogP contribution is -2.15. The third kappa shape index (κ3) is 3.30. The van der Waals surface area contributed by atoms with Crippen molar-refractivity contribution in [1.82, 2.24) is 0 Å². The minimum Gasteiger partial charge on any atom is -0.486 e. The second-order valence-corrected chi connectivity index (χ2v) is 5.61. The van der Waals surface area contributed by atoms with Crippen LogP contribution in [-0.2, 0) is 6.54 Å². The Bertz CT molecular complexity index is 605. The summed E-state index contributed by atoms with van der Waals surface area (Å²) in [5, 5.41) is 3.44. The van der Waals surface area contributed by atoms with Gasteiger partial charge >= 0.3 is 0 Å². The maximum absolute atomic E-state index is 5.61. The van der Waals surface area contributed by atoms with E-state index in [2.05, 4.69) is 49.5 Å². The average molecular weight is 283 g/mol. The van der Waals surface area contributed by atoms with E-state index >= 15 is 0 Å². The van der Waals surface area contributed by atoms with E-state index in [1.54, 1.807) is 0 Å². The summed E-state index contributed by atoms with van der Waals surface area (Å²) in [5.41, 5.74) is 3.68. The predicted octanol–water partition coefficient (Wildman–Crippen LogP) is 4.19. The predicted molar refractivity (Wildman–Crippen MR) is 85.3 cm³/mol. The molecule has 0 aromatic heterocycles. The highest BCUT2D eigenvalue weighted by Crippen LogP contribution is 2.31. The van der Waals surface area contributed by atoms with Gasteiger partial charge in [-0.3, -0.25) is 0 Å². The maximum Gasteiger partial charge on any atom is 0.161 e. The quantitative estimate of drug-likeness (QED) is 0.912. The maximum atomic E-state index is 5.61. The van der Waals surface area contributed by atoms with Crippen molar-refractivity contribution in [1.29, 1.82) is 0 Å². The fraction of sp³-hybridized carbons (Fsp3) is 0.333. The van der Waals surface area contributed by atoms with Gasteiger partial charge in [-0.15, -0.1) is 0 Å². The number of fused-ring (bicyclic) bond motifs is 1. The molecule has 3 nitrogen and oxygen atoms in total. The highest BCUT2D eigenvalue weighted by Gasteiger charge is 2.11. The lowest BCUT2D eigenvalue weighted by molar-refractivity contribution is 0.171. The number of nitrogens with one attached hydrogen (secondary N) is 1. The summed E-state index contributed by atoms with van der Waals surface area (Å²) in [6, 6.07) is 14.7. The zero-order valence-electron chi connectivity index (χ0n) is 12.6. The first-order chi connectivity index (χ1) is 10.2. The van der Waals surface area contributed by atoms with Crippen LogP contribution in [0.25, 0.3) is 0 Å². The second kappa shape index (κ2) is 6.08. The van der Waals surface area contributed by atoms with Gasteiger partial charge in [-0.25, -0.2) is 0 Å².